The third-order valence-corrected chi connectivity index (χ3v) is 12.2. The van der Waals surface area contributed by atoms with E-state index in [9.17, 15) is 0 Å². The summed E-state index contributed by atoms with van der Waals surface area (Å²) >= 11 is 0. The predicted octanol–water partition coefficient (Wildman–Crippen LogP) is 13.2. The van der Waals surface area contributed by atoms with Gasteiger partial charge in [-0.05, 0) is 89.8 Å². The van der Waals surface area contributed by atoms with Gasteiger partial charge in [0.2, 0.25) is 0 Å². The van der Waals surface area contributed by atoms with E-state index in [0.29, 0.717) is 53.0 Å². The molecule has 0 aliphatic heterocycles. The predicted molar refractivity (Wildman–Crippen MR) is 228 cm³/mol. The molecule has 1 fully saturated rings. The maximum atomic E-state index is 5.11. The second-order valence-electron chi connectivity index (χ2n) is 16.1. The molecule has 2 aromatic heterocycles. The molecular formula is C51H48N4. The van der Waals surface area contributed by atoms with E-state index in [2.05, 4.69) is 154 Å². The van der Waals surface area contributed by atoms with E-state index < -0.39 is 0 Å². The molecule has 8 aromatic rings. The molecule has 4 nitrogen and oxygen atoms in total. The van der Waals surface area contributed by atoms with Gasteiger partial charge in [-0.25, -0.2) is 15.0 Å². The highest BCUT2D eigenvalue weighted by Gasteiger charge is 2.43. The number of fused-ring (bicyclic) bond motifs is 3. The van der Waals surface area contributed by atoms with Gasteiger partial charge in [-0.1, -0.05) is 155 Å². The Hall–Kier alpha value is -5.87. The summed E-state index contributed by atoms with van der Waals surface area (Å²) in [7, 11) is 0. The van der Waals surface area contributed by atoms with Gasteiger partial charge in [0.05, 0.1) is 11.0 Å². The van der Waals surface area contributed by atoms with Gasteiger partial charge in [0.15, 0.2) is 17.5 Å². The fourth-order valence-electron chi connectivity index (χ4n) is 9.55. The van der Waals surface area contributed by atoms with E-state index in [4.69, 9.17) is 15.0 Å². The van der Waals surface area contributed by atoms with Crippen molar-refractivity contribution in [2.45, 2.75) is 52.4 Å². The molecule has 272 valence electrons. The Balaban J connectivity index is 1.15. The molecule has 3 unspecified atom stereocenters. The van der Waals surface area contributed by atoms with Crippen molar-refractivity contribution in [2.24, 2.45) is 23.7 Å². The third-order valence-electron chi connectivity index (χ3n) is 12.2. The van der Waals surface area contributed by atoms with Crippen LogP contribution in [-0.2, 0) is 0 Å². The van der Waals surface area contributed by atoms with Crippen LogP contribution in [0.15, 0.2) is 158 Å². The zero-order valence-electron chi connectivity index (χ0n) is 32.2. The van der Waals surface area contributed by atoms with Crippen molar-refractivity contribution >= 4 is 21.8 Å². The number of hydrogen-bond donors (Lipinski definition) is 0. The van der Waals surface area contributed by atoms with E-state index in [0.717, 1.165) is 16.7 Å². The average Bonchev–Trinajstić information content (AvgIpc) is 3.58. The summed E-state index contributed by atoms with van der Waals surface area (Å²) in [4.78, 5) is 15.2. The summed E-state index contributed by atoms with van der Waals surface area (Å²) in [5, 5.41) is 2.58. The second kappa shape index (κ2) is 14.8. The van der Waals surface area contributed by atoms with Crippen LogP contribution in [0, 0.1) is 23.7 Å². The molecular weight excluding hydrogens is 669 g/mol. The molecule has 9 rings (SSSR count). The Bertz CT molecular complexity index is 2460. The fourth-order valence-corrected chi connectivity index (χ4v) is 9.55. The monoisotopic (exact) mass is 716 g/mol. The van der Waals surface area contributed by atoms with Gasteiger partial charge in [-0.3, -0.25) is 0 Å². The van der Waals surface area contributed by atoms with E-state index in [-0.39, 0.29) is 0 Å². The van der Waals surface area contributed by atoms with Crippen molar-refractivity contribution in [3.8, 4) is 39.9 Å². The molecule has 0 amide bonds. The van der Waals surface area contributed by atoms with Gasteiger partial charge in [0.1, 0.15) is 0 Å². The lowest BCUT2D eigenvalue weighted by atomic mass is 9.57. The summed E-state index contributed by atoms with van der Waals surface area (Å²) in [6, 6.07) is 56.8. The number of para-hydroxylation sites is 2. The summed E-state index contributed by atoms with van der Waals surface area (Å²) in [5.74, 6) is 5.03. The third kappa shape index (κ3) is 6.54. The molecule has 6 aromatic carbocycles. The van der Waals surface area contributed by atoms with Gasteiger partial charge >= 0.3 is 0 Å². The Morgan fingerprint density at radius 2 is 0.873 bits per heavy atom. The van der Waals surface area contributed by atoms with Gasteiger partial charge in [0, 0.05) is 33.2 Å². The van der Waals surface area contributed by atoms with Crippen molar-refractivity contribution in [2.75, 3.05) is 0 Å². The molecule has 2 heterocycles. The SMILES string of the molecule is CC(C)C1CCC(C(C)C)[C@H](c2ccc(-n3c4ccccc4c4ccccc43)cc2)C1c1cccc(-c2nc(-c3ccccc3)nc(-c3ccccc3)n2)c1. The molecule has 55 heavy (non-hydrogen) atoms. The van der Waals surface area contributed by atoms with Crippen LogP contribution in [-0.4, -0.2) is 19.5 Å². The first-order chi connectivity index (χ1) is 26.9. The highest BCUT2D eigenvalue weighted by atomic mass is 15.0. The topological polar surface area (TPSA) is 43.6 Å². The lowest BCUT2D eigenvalue weighted by Crippen LogP contribution is -2.36. The number of hydrogen-bond acceptors (Lipinski definition) is 3. The maximum absolute atomic E-state index is 5.11. The number of nitrogens with zero attached hydrogens (tertiary/aromatic N) is 4. The smallest absolute Gasteiger partial charge is 0.164 e. The quantitative estimate of drug-likeness (QED) is 0.157. The molecule has 0 saturated heterocycles. The van der Waals surface area contributed by atoms with Gasteiger partial charge in [-0.15, -0.1) is 0 Å². The van der Waals surface area contributed by atoms with Crippen LogP contribution in [0.4, 0.5) is 0 Å². The Labute approximate surface area is 325 Å². The van der Waals surface area contributed by atoms with Crippen molar-refractivity contribution in [1.82, 2.24) is 19.5 Å². The summed E-state index contributed by atoms with van der Waals surface area (Å²) < 4.78 is 2.43. The number of benzene rings is 6. The number of rotatable bonds is 8. The zero-order valence-corrected chi connectivity index (χ0v) is 32.2. The van der Waals surface area contributed by atoms with Crippen LogP contribution in [0.5, 0.6) is 0 Å². The molecule has 1 aliphatic carbocycles. The first-order valence-corrected chi connectivity index (χ1v) is 20.0. The summed E-state index contributed by atoms with van der Waals surface area (Å²) in [6.07, 6.45) is 2.47. The van der Waals surface area contributed by atoms with Crippen molar-refractivity contribution in [1.29, 1.82) is 0 Å². The maximum Gasteiger partial charge on any atom is 0.164 e. The minimum Gasteiger partial charge on any atom is -0.309 e. The molecule has 0 spiro atoms. The first-order valence-electron chi connectivity index (χ1n) is 20.0. The van der Waals surface area contributed by atoms with E-state index in [1.165, 1.54) is 51.5 Å². The molecule has 1 aliphatic rings. The Morgan fingerprint density at radius 3 is 1.38 bits per heavy atom. The Morgan fingerprint density at radius 1 is 0.436 bits per heavy atom. The van der Waals surface area contributed by atoms with E-state index >= 15 is 0 Å². The summed E-state index contributed by atoms with van der Waals surface area (Å²) in [5.41, 5.74) is 9.49. The second-order valence-corrected chi connectivity index (χ2v) is 16.1. The van der Waals surface area contributed by atoms with Gasteiger partial charge in [0.25, 0.3) is 0 Å². The van der Waals surface area contributed by atoms with Crippen molar-refractivity contribution < 1.29 is 0 Å². The molecule has 4 heteroatoms. The fraction of sp³-hybridized carbons (Fsp3) is 0.235. The lowest BCUT2D eigenvalue weighted by Gasteiger charge is -2.47. The molecule has 4 atom stereocenters. The van der Waals surface area contributed by atoms with Crippen LogP contribution >= 0.6 is 0 Å². The highest BCUT2D eigenvalue weighted by Crippen LogP contribution is 2.55. The summed E-state index contributed by atoms with van der Waals surface area (Å²) in [6.45, 7) is 9.69. The van der Waals surface area contributed by atoms with Crippen LogP contribution in [0.2, 0.25) is 0 Å². The van der Waals surface area contributed by atoms with Crippen LogP contribution < -0.4 is 0 Å². The molecule has 1 saturated carbocycles. The minimum absolute atomic E-state index is 0.351. The standard InChI is InChI=1S/C51H48N4/c1-33(2)41-30-31-42(34(3)4)48(47(41)35-26-28-40(29-27-35)55-45-24-13-11-22-43(45)44-23-12-14-25-46(44)55)38-20-15-21-39(32-38)51-53-49(36-16-7-5-8-17-36)52-50(54-51)37-18-9-6-10-19-37/h5-29,32-34,41-42,47-48H,30-31H2,1-4H3/t41?,42?,47-,48?/m0/s1. The molecule has 0 bridgehead atoms. The van der Waals surface area contributed by atoms with Crippen LogP contribution in [0.25, 0.3) is 61.7 Å². The average molecular weight is 717 g/mol. The van der Waals surface area contributed by atoms with Crippen molar-refractivity contribution in [3.05, 3.63) is 169 Å². The van der Waals surface area contributed by atoms with Gasteiger partial charge in [-0.2, -0.15) is 0 Å². The Kier molecular flexibility index (Phi) is 9.35. The van der Waals surface area contributed by atoms with Crippen LogP contribution in [0.1, 0.15) is 63.5 Å². The normalized spacial score (nSPS) is 18.7. The van der Waals surface area contributed by atoms with Crippen molar-refractivity contribution in [3.63, 3.8) is 0 Å². The van der Waals surface area contributed by atoms with E-state index in [1.807, 2.05) is 36.4 Å². The molecule has 0 radical (unpaired) electrons. The van der Waals surface area contributed by atoms with E-state index in [1.54, 1.807) is 0 Å². The minimum atomic E-state index is 0.351. The van der Waals surface area contributed by atoms with Crippen LogP contribution in [0.3, 0.4) is 0 Å². The number of aromatic nitrogens is 4. The molecule has 0 N–H and O–H groups in total. The lowest BCUT2D eigenvalue weighted by molar-refractivity contribution is 0.128. The van der Waals surface area contributed by atoms with Gasteiger partial charge < -0.3 is 4.57 Å². The largest absolute Gasteiger partial charge is 0.309 e. The first kappa shape index (κ1) is 34.9. The zero-order chi connectivity index (χ0) is 37.5. The highest BCUT2D eigenvalue weighted by molar-refractivity contribution is 6.09.